The van der Waals surface area contributed by atoms with E-state index in [1.54, 1.807) is 17.4 Å². The number of carbonyl (C=O) groups is 1. The lowest BCUT2D eigenvalue weighted by molar-refractivity contribution is -0.108. The first kappa shape index (κ1) is 23.1. The van der Waals surface area contributed by atoms with Gasteiger partial charge >= 0.3 is 0 Å². The molecule has 0 N–H and O–H groups in total. The Morgan fingerprint density at radius 1 is 0.571 bits per heavy atom. The maximum absolute atomic E-state index is 14.3. The van der Waals surface area contributed by atoms with Crippen LogP contribution in [0.25, 0.3) is 6.08 Å². The molecule has 0 spiro atoms. The van der Waals surface area contributed by atoms with Gasteiger partial charge in [-0.15, -0.1) is 11.3 Å². The summed E-state index contributed by atoms with van der Waals surface area (Å²) >= 11 is 1.63. The maximum atomic E-state index is 14.3. The van der Waals surface area contributed by atoms with Gasteiger partial charge in [0.15, 0.2) is 5.78 Å². The molecule has 170 valence electrons. The Morgan fingerprint density at radius 3 is 1.46 bits per heavy atom. The highest BCUT2D eigenvalue weighted by Crippen LogP contribution is 2.48. The standard InChI is InChI=1S/C32H25OPS/c33-30(24-23-26-14-5-1-6-15-26)32(31-22-13-25-35-31)34(27-16-7-2-8-17-27,28-18-9-3-10-19-28)29-20-11-4-12-21-29/h1-25H/b24-23+. The number of rotatable bonds is 7. The Morgan fingerprint density at radius 2 is 1.03 bits per heavy atom. The third-order valence-corrected chi connectivity index (χ3v) is 11.4. The first-order valence-corrected chi connectivity index (χ1v) is 14.2. The van der Waals surface area contributed by atoms with Gasteiger partial charge in [-0.3, -0.25) is 4.79 Å². The van der Waals surface area contributed by atoms with E-state index in [-0.39, 0.29) is 5.78 Å². The number of hydrogen-bond acceptors (Lipinski definition) is 2. The number of benzene rings is 4. The van der Waals surface area contributed by atoms with E-state index in [2.05, 4.69) is 84.2 Å². The van der Waals surface area contributed by atoms with Crippen molar-refractivity contribution in [3.8, 4) is 0 Å². The van der Waals surface area contributed by atoms with Crippen molar-refractivity contribution in [1.29, 1.82) is 0 Å². The van der Waals surface area contributed by atoms with Crippen LogP contribution in [0.15, 0.2) is 145 Å². The molecule has 4 aromatic carbocycles. The smallest absolute Gasteiger partial charge is 0.188 e. The minimum atomic E-state index is -2.50. The fraction of sp³-hybridized carbons (Fsp3) is 0. The van der Waals surface area contributed by atoms with Crippen LogP contribution < -0.4 is 15.9 Å². The van der Waals surface area contributed by atoms with Crippen LogP contribution in [0.2, 0.25) is 0 Å². The van der Waals surface area contributed by atoms with E-state index in [1.165, 1.54) is 15.9 Å². The van der Waals surface area contributed by atoms with E-state index < -0.39 is 6.89 Å². The summed E-state index contributed by atoms with van der Waals surface area (Å²) in [5.74, 6) is 0.0428. The number of hydrogen-bond donors (Lipinski definition) is 0. The summed E-state index contributed by atoms with van der Waals surface area (Å²) in [6.07, 6.45) is 3.67. The Kier molecular flexibility index (Phi) is 7.04. The van der Waals surface area contributed by atoms with E-state index >= 15 is 0 Å². The lowest BCUT2D eigenvalue weighted by Gasteiger charge is -2.32. The minimum absolute atomic E-state index is 0.0428. The molecule has 1 heterocycles. The van der Waals surface area contributed by atoms with E-state index in [4.69, 9.17) is 0 Å². The van der Waals surface area contributed by atoms with Gasteiger partial charge in [0, 0.05) is 10.2 Å². The van der Waals surface area contributed by atoms with Crippen molar-refractivity contribution in [1.82, 2.24) is 0 Å². The average molecular weight is 489 g/mol. The van der Waals surface area contributed by atoms with Crippen LogP contribution in [0.1, 0.15) is 10.4 Å². The number of thiophene rings is 1. The predicted octanol–water partition coefficient (Wildman–Crippen LogP) is 6.55. The summed E-state index contributed by atoms with van der Waals surface area (Å²) in [6, 6.07) is 45.7. The molecule has 0 aliphatic heterocycles. The second kappa shape index (κ2) is 10.7. The SMILES string of the molecule is O=C(/C=C/c1ccccc1)C(c1cccs1)=P(c1ccccc1)(c1ccccc1)c1ccccc1. The van der Waals surface area contributed by atoms with Gasteiger partial charge in [-0.1, -0.05) is 133 Å². The van der Waals surface area contributed by atoms with Crippen molar-refractivity contribution in [2.45, 2.75) is 0 Å². The van der Waals surface area contributed by atoms with E-state index in [0.29, 0.717) is 0 Å². The summed E-state index contributed by atoms with van der Waals surface area (Å²) in [6.45, 7) is -2.50. The largest absolute Gasteiger partial charge is 0.289 e. The molecule has 0 unspecified atom stereocenters. The Labute approximate surface area is 211 Å². The molecule has 0 saturated carbocycles. The zero-order chi connectivity index (χ0) is 23.9. The van der Waals surface area contributed by atoms with Crippen LogP contribution in [-0.4, -0.2) is 11.1 Å². The molecule has 35 heavy (non-hydrogen) atoms. The molecule has 0 saturated heterocycles. The summed E-state index contributed by atoms with van der Waals surface area (Å²) in [4.78, 5) is 15.3. The van der Waals surface area contributed by atoms with Gasteiger partial charge in [0.1, 0.15) is 0 Å². The van der Waals surface area contributed by atoms with Gasteiger partial charge < -0.3 is 0 Å². The molecule has 3 heteroatoms. The first-order valence-electron chi connectivity index (χ1n) is 11.5. The molecule has 5 aromatic rings. The normalized spacial score (nSPS) is 11.4. The summed E-state index contributed by atoms with van der Waals surface area (Å²) in [7, 11) is 0. The van der Waals surface area contributed by atoms with Crippen molar-refractivity contribution in [3.63, 3.8) is 0 Å². The quantitative estimate of drug-likeness (QED) is 0.188. The van der Waals surface area contributed by atoms with Crippen LogP contribution >= 0.6 is 18.2 Å². The molecule has 0 bridgehead atoms. The average Bonchev–Trinajstić information content (AvgIpc) is 3.47. The van der Waals surface area contributed by atoms with Gasteiger partial charge in [-0.2, -0.15) is 0 Å². The summed E-state index contributed by atoms with van der Waals surface area (Å²) in [5, 5.41) is 6.43. The zero-order valence-electron chi connectivity index (χ0n) is 19.2. The second-order valence-corrected chi connectivity index (χ2v) is 12.4. The zero-order valence-corrected chi connectivity index (χ0v) is 20.9. The van der Waals surface area contributed by atoms with Crippen molar-refractivity contribution in [2.75, 3.05) is 0 Å². The monoisotopic (exact) mass is 488 g/mol. The number of allylic oxidation sites excluding steroid dienone is 1. The Bertz CT molecular complexity index is 1370. The minimum Gasteiger partial charge on any atom is -0.289 e. The van der Waals surface area contributed by atoms with Gasteiger partial charge in [-0.05, 0) is 45.9 Å². The molecule has 0 radical (unpaired) electrons. The molecular formula is C32H25OPS. The van der Waals surface area contributed by atoms with Crippen LogP contribution in [0.5, 0.6) is 0 Å². The molecule has 1 nitrogen and oxygen atoms in total. The predicted molar refractivity (Wildman–Crippen MR) is 154 cm³/mol. The fourth-order valence-electron chi connectivity index (χ4n) is 4.47. The lowest BCUT2D eigenvalue weighted by atomic mass is 10.1. The molecule has 1 aromatic heterocycles. The highest BCUT2D eigenvalue weighted by atomic mass is 32.1. The Hall–Kier alpha value is -3.71. The molecule has 0 atom stereocenters. The molecule has 0 fully saturated rings. The van der Waals surface area contributed by atoms with Crippen molar-refractivity contribution >= 4 is 51.3 Å². The van der Waals surface area contributed by atoms with Crippen molar-refractivity contribution in [3.05, 3.63) is 155 Å². The highest BCUT2D eigenvalue weighted by molar-refractivity contribution is 7.97. The van der Waals surface area contributed by atoms with E-state index in [1.807, 2.05) is 60.7 Å². The van der Waals surface area contributed by atoms with E-state index in [9.17, 15) is 4.79 Å². The van der Waals surface area contributed by atoms with Crippen molar-refractivity contribution < 1.29 is 4.79 Å². The summed E-state index contributed by atoms with van der Waals surface area (Å²) in [5.41, 5.74) is 1.01. The fourth-order valence-corrected chi connectivity index (χ4v) is 10.0. The number of carbonyl (C=O) groups excluding carboxylic acids is 1. The topological polar surface area (TPSA) is 17.1 Å². The van der Waals surface area contributed by atoms with Crippen LogP contribution in [0.4, 0.5) is 0 Å². The third kappa shape index (κ3) is 4.64. The molecule has 0 aliphatic carbocycles. The molecular weight excluding hydrogens is 463 g/mol. The van der Waals surface area contributed by atoms with Gasteiger partial charge in [0.2, 0.25) is 0 Å². The third-order valence-electron chi connectivity index (χ3n) is 5.98. The first-order chi connectivity index (χ1) is 17.3. The van der Waals surface area contributed by atoms with Crippen LogP contribution in [0, 0.1) is 0 Å². The van der Waals surface area contributed by atoms with Gasteiger partial charge in [-0.25, -0.2) is 0 Å². The van der Waals surface area contributed by atoms with E-state index in [0.717, 1.165) is 15.7 Å². The van der Waals surface area contributed by atoms with Crippen LogP contribution in [0.3, 0.4) is 0 Å². The van der Waals surface area contributed by atoms with Crippen molar-refractivity contribution in [2.24, 2.45) is 0 Å². The molecule has 0 aliphatic rings. The summed E-state index contributed by atoms with van der Waals surface area (Å²) < 4.78 is 0. The molecule has 5 rings (SSSR count). The van der Waals surface area contributed by atoms with Gasteiger partial charge in [0.05, 0.1) is 0 Å². The highest BCUT2D eigenvalue weighted by Gasteiger charge is 2.33. The second-order valence-electron chi connectivity index (χ2n) is 8.11. The lowest BCUT2D eigenvalue weighted by Crippen LogP contribution is -2.33. The molecule has 0 amide bonds. The maximum Gasteiger partial charge on any atom is 0.188 e. The number of ketones is 1. The van der Waals surface area contributed by atoms with Crippen LogP contribution in [-0.2, 0) is 4.79 Å². The van der Waals surface area contributed by atoms with Gasteiger partial charge in [0.25, 0.3) is 0 Å². The Balaban J connectivity index is 1.92.